The first-order valence-electron chi connectivity index (χ1n) is 8.78. The van der Waals surface area contributed by atoms with E-state index >= 15 is 0 Å². The number of para-hydroxylation sites is 1. The zero-order valence-corrected chi connectivity index (χ0v) is 16.9. The van der Waals surface area contributed by atoms with Crippen molar-refractivity contribution in [3.05, 3.63) is 77.7 Å². The van der Waals surface area contributed by atoms with Crippen molar-refractivity contribution in [3.8, 4) is 0 Å². The zero-order valence-electron chi connectivity index (χ0n) is 16.0. The Balaban J connectivity index is 1.86. The smallest absolute Gasteiger partial charge is 0.258 e. The number of pyridine rings is 2. The van der Waals surface area contributed by atoms with E-state index in [2.05, 4.69) is 15.3 Å². The Labute approximate surface area is 167 Å². The minimum atomic E-state index is -1.47. The van der Waals surface area contributed by atoms with Gasteiger partial charge in [0.1, 0.15) is 5.03 Å². The lowest BCUT2D eigenvalue weighted by molar-refractivity contribution is 0.102. The van der Waals surface area contributed by atoms with Gasteiger partial charge in [-0.2, -0.15) is 0 Å². The Morgan fingerprint density at radius 3 is 2.61 bits per heavy atom. The maximum atomic E-state index is 13.1. The van der Waals surface area contributed by atoms with Gasteiger partial charge in [-0.15, -0.1) is 0 Å². The van der Waals surface area contributed by atoms with Crippen molar-refractivity contribution in [1.82, 2.24) is 9.97 Å². The number of hydrogen-bond acceptors (Lipinski definition) is 5. The highest BCUT2D eigenvalue weighted by Crippen LogP contribution is 2.23. The van der Waals surface area contributed by atoms with Crippen LogP contribution in [0.15, 0.2) is 66.0 Å². The van der Waals surface area contributed by atoms with Crippen LogP contribution in [0, 0.1) is 6.92 Å². The summed E-state index contributed by atoms with van der Waals surface area (Å²) in [4.78, 5) is 23.1. The number of nitrogens with zero attached hydrogens (tertiary/aromatic N) is 3. The molecular weight excluding hydrogens is 372 g/mol. The summed E-state index contributed by atoms with van der Waals surface area (Å²) in [5, 5.41) is 3.10. The minimum absolute atomic E-state index is 0.277. The quantitative estimate of drug-likeness (QED) is 0.693. The largest absolute Gasteiger partial charge is 0.377 e. The van der Waals surface area contributed by atoms with Gasteiger partial charge in [-0.3, -0.25) is 14.0 Å². The van der Waals surface area contributed by atoms with E-state index in [0.717, 1.165) is 16.9 Å². The van der Waals surface area contributed by atoms with Gasteiger partial charge >= 0.3 is 0 Å². The molecule has 1 unspecified atom stereocenters. The van der Waals surface area contributed by atoms with Crippen LogP contribution in [0.5, 0.6) is 0 Å². The molecular formula is C21H22N4O2S. The van der Waals surface area contributed by atoms with Gasteiger partial charge in [0, 0.05) is 43.6 Å². The summed E-state index contributed by atoms with van der Waals surface area (Å²) < 4.78 is 13.1. The molecule has 28 heavy (non-hydrogen) atoms. The predicted octanol–water partition coefficient (Wildman–Crippen LogP) is 3.41. The van der Waals surface area contributed by atoms with Gasteiger partial charge in [0.2, 0.25) is 0 Å². The van der Waals surface area contributed by atoms with Crippen molar-refractivity contribution in [2.45, 2.75) is 17.7 Å². The first kappa shape index (κ1) is 19.7. The number of aromatic nitrogens is 2. The first-order chi connectivity index (χ1) is 13.5. The number of anilines is 2. The average molecular weight is 395 g/mol. The van der Waals surface area contributed by atoms with Gasteiger partial charge in [-0.25, -0.2) is 4.98 Å². The van der Waals surface area contributed by atoms with Crippen LogP contribution in [-0.2, 0) is 16.6 Å². The third-order valence-electron chi connectivity index (χ3n) is 4.15. The number of hydrogen-bond donors (Lipinski definition) is 1. The molecule has 0 radical (unpaired) electrons. The van der Waals surface area contributed by atoms with Crippen molar-refractivity contribution in [1.29, 1.82) is 0 Å². The van der Waals surface area contributed by atoms with E-state index in [1.165, 1.54) is 0 Å². The maximum Gasteiger partial charge on any atom is 0.258 e. The monoisotopic (exact) mass is 394 g/mol. The fraction of sp³-hybridized carbons (Fsp3) is 0.190. The molecule has 0 saturated carbocycles. The molecule has 7 heteroatoms. The predicted molar refractivity (Wildman–Crippen MR) is 112 cm³/mol. The average Bonchev–Trinajstić information content (AvgIpc) is 2.68. The molecule has 0 spiro atoms. The topological polar surface area (TPSA) is 75.2 Å². The molecule has 0 aliphatic carbocycles. The lowest BCUT2D eigenvalue weighted by Crippen LogP contribution is -2.17. The molecule has 1 aromatic carbocycles. The molecule has 0 bridgehead atoms. The lowest BCUT2D eigenvalue weighted by atomic mass is 10.2. The molecule has 1 atom stereocenters. The zero-order chi connectivity index (χ0) is 20.1. The molecule has 2 heterocycles. The Morgan fingerprint density at radius 2 is 1.86 bits per heavy atom. The number of rotatable bonds is 6. The van der Waals surface area contributed by atoms with E-state index < -0.39 is 10.8 Å². The maximum absolute atomic E-state index is 13.1. The highest BCUT2D eigenvalue weighted by molar-refractivity contribution is 7.84. The third-order valence-corrected chi connectivity index (χ3v) is 5.48. The van der Waals surface area contributed by atoms with Crippen LogP contribution in [0.1, 0.15) is 21.6 Å². The molecule has 6 nitrogen and oxygen atoms in total. The van der Waals surface area contributed by atoms with Gasteiger partial charge in [0.15, 0.2) is 0 Å². The molecule has 1 amide bonds. The van der Waals surface area contributed by atoms with Crippen molar-refractivity contribution >= 4 is 28.1 Å². The highest BCUT2D eigenvalue weighted by atomic mass is 32.2. The molecule has 0 aliphatic heterocycles. The molecule has 2 aromatic heterocycles. The summed E-state index contributed by atoms with van der Waals surface area (Å²) in [5.74, 6) is -0.0667. The number of benzene rings is 1. The number of nitrogens with one attached hydrogen (secondary N) is 1. The minimum Gasteiger partial charge on any atom is -0.377 e. The Kier molecular flexibility index (Phi) is 6.16. The van der Waals surface area contributed by atoms with Crippen LogP contribution >= 0.6 is 0 Å². The fourth-order valence-electron chi connectivity index (χ4n) is 2.85. The second-order valence-electron chi connectivity index (χ2n) is 6.51. The van der Waals surface area contributed by atoms with Crippen molar-refractivity contribution in [2.75, 3.05) is 24.3 Å². The van der Waals surface area contributed by atoms with Crippen LogP contribution in [0.3, 0.4) is 0 Å². The van der Waals surface area contributed by atoms with E-state index in [4.69, 9.17) is 0 Å². The summed E-state index contributed by atoms with van der Waals surface area (Å²) in [6.45, 7) is 1.85. The lowest BCUT2D eigenvalue weighted by Gasteiger charge is -2.17. The summed E-state index contributed by atoms with van der Waals surface area (Å²) in [6.07, 6.45) is 3.18. The normalized spacial score (nSPS) is 11.7. The van der Waals surface area contributed by atoms with Crippen LogP contribution in [0.4, 0.5) is 11.4 Å². The van der Waals surface area contributed by atoms with Gasteiger partial charge in [0.05, 0.1) is 22.1 Å². The molecule has 0 fully saturated rings. The second-order valence-corrected chi connectivity index (χ2v) is 7.88. The number of carbonyl (C=O) groups excluding carboxylic acids is 1. The Morgan fingerprint density at radius 1 is 1.07 bits per heavy atom. The van der Waals surface area contributed by atoms with Crippen molar-refractivity contribution in [2.24, 2.45) is 0 Å². The molecule has 1 N–H and O–H groups in total. The van der Waals surface area contributed by atoms with Crippen molar-refractivity contribution in [3.63, 3.8) is 0 Å². The Hall–Kier alpha value is -3.06. The first-order valence-corrected chi connectivity index (χ1v) is 10.1. The summed E-state index contributed by atoms with van der Waals surface area (Å²) in [5.41, 5.74) is 3.67. The summed E-state index contributed by atoms with van der Waals surface area (Å²) in [6, 6.07) is 14.6. The fourth-order valence-corrected chi connectivity index (χ4v) is 4.09. The molecule has 0 aliphatic rings. The van der Waals surface area contributed by atoms with Crippen LogP contribution in [0.25, 0.3) is 0 Å². The number of aryl methyl sites for hydroxylation is 1. The van der Waals surface area contributed by atoms with Gasteiger partial charge in [-0.05, 0) is 42.8 Å². The number of amides is 1. The van der Waals surface area contributed by atoms with Gasteiger partial charge < -0.3 is 10.2 Å². The third kappa shape index (κ3) is 4.61. The van der Waals surface area contributed by atoms with Crippen molar-refractivity contribution < 1.29 is 9.00 Å². The van der Waals surface area contributed by atoms with Gasteiger partial charge in [0.25, 0.3) is 5.91 Å². The van der Waals surface area contributed by atoms with E-state index in [-0.39, 0.29) is 16.7 Å². The SMILES string of the molecule is Cc1cc(NC(=O)c2cccnc2S(=O)Cc2ccccc2N(C)C)ccn1. The molecule has 0 saturated heterocycles. The van der Waals surface area contributed by atoms with Gasteiger partial charge in [-0.1, -0.05) is 18.2 Å². The highest BCUT2D eigenvalue weighted by Gasteiger charge is 2.19. The van der Waals surface area contributed by atoms with E-state index in [0.29, 0.717) is 11.3 Å². The van der Waals surface area contributed by atoms with E-state index in [1.54, 1.807) is 36.7 Å². The summed E-state index contributed by atoms with van der Waals surface area (Å²) in [7, 11) is 2.42. The number of carbonyl (C=O) groups is 1. The second kappa shape index (κ2) is 8.75. The van der Waals surface area contributed by atoms with E-state index in [1.807, 2.05) is 50.2 Å². The van der Waals surface area contributed by atoms with E-state index in [9.17, 15) is 9.00 Å². The molecule has 3 rings (SSSR count). The Bertz CT molecular complexity index is 1020. The van der Waals surface area contributed by atoms with Crippen LogP contribution in [0.2, 0.25) is 0 Å². The molecule has 3 aromatic rings. The van der Waals surface area contributed by atoms with Crippen LogP contribution < -0.4 is 10.2 Å². The standard InChI is InChI=1S/C21H22N4O2S/c1-15-13-17(10-12-22-15)24-20(26)18-8-6-11-23-21(18)28(27)14-16-7-4-5-9-19(16)25(2)3/h4-13H,14H2,1-3H3,(H,22,24,26). The molecule has 144 valence electrons. The summed E-state index contributed by atoms with van der Waals surface area (Å²) >= 11 is 0. The van der Waals surface area contributed by atoms with Crippen LogP contribution in [-0.4, -0.2) is 34.2 Å².